The Bertz CT molecular complexity index is 540. The monoisotopic (exact) mass is 318 g/mol. The maximum Gasteiger partial charge on any atom is 0.227 e. The van der Waals surface area contributed by atoms with Crippen LogP contribution in [0.3, 0.4) is 0 Å². The van der Waals surface area contributed by atoms with Gasteiger partial charge in [0.2, 0.25) is 11.8 Å². The van der Waals surface area contributed by atoms with Crippen molar-refractivity contribution in [2.45, 2.75) is 33.6 Å². The molecule has 1 aliphatic heterocycles. The van der Waals surface area contributed by atoms with Crippen LogP contribution in [-0.2, 0) is 9.59 Å². The lowest BCUT2D eigenvalue weighted by atomic mass is 10.1. The number of carbonyl (C=O) groups excluding carboxylic acids is 2. The molecule has 0 saturated carbocycles. The van der Waals surface area contributed by atoms with E-state index in [0.29, 0.717) is 25.6 Å². The number of ether oxygens (including phenoxy) is 1. The van der Waals surface area contributed by atoms with E-state index >= 15 is 0 Å². The van der Waals surface area contributed by atoms with E-state index in [2.05, 4.69) is 19.2 Å². The number of anilines is 1. The van der Waals surface area contributed by atoms with E-state index in [1.807, 2.05) is 31.2 Å². The molecule has 126 valence electrons. The van der Waals surface area contributed by atoms with Crippen molar-refractivity contribution in [1.29, 1.82) is 0 Å². The van der Waals surface area contributed by atoms with Crippen LogP contribution in [0.1, 0.15) is 33.6 Å². The smallest absolute Gasteiger partial charge is 0.227 e. The van der Waals surface area contributed by atoms with E-state index in [-0.39, 0.29) is 24.2 Å². The number of nitrogens with zero attached hydrogens (tertiary/aromatic N) is 1. The van der Waals surface area contributed by atoms with Crippen LogP contribution in [0.15, 0.2) is 24.3 Å². The number of rotatable bonds is 7. The second-order valence-corrected chi connectivity index (χ2v) is 6.31. The van der Waals surface area contributed by atoms with Crippen molar-refractivity contribution in [2.75, 3.05) is 24.6 Å². The predicted octanol–water partition coefficient (Wildman–Crippen LogP) is 2.60. The largest absolute Gasteiger partial charge is 0.494 e. The maximum absolute atomic E-state index is 12.2. The molecule has 1 N–H and O–H groups in total. The summed E-state index contributed by atoms with van der Waals surface area (Å²) < 4.78 is 5.41. The highest BCUT2D eigenvalue weighted by atomic mass is 16.5. The fourth-order valence-electron chi connectivity index (χ4n) is 2.65. The molecular formula is C18H26N2O3. The lowest BCUT2D eigenvalue weighted by Crippen LogP contribution is -2.33. The van der Waals surface area contributed by atoms with Gasteiger partial charge in [-0.15, -0.1) is 0 Å². The molecule has 1 saturated heterocycles. The third kappa shape index (κ3) is 4.71. The summed E-state index contributed by atoms with van der Waals surface area (Å²) in [5.74, 6) is 1.05. The van der Waals surface area contributed by atoms with E-state index in [9.17, 15) is 9.59 Å². The van der Waals surface area contributed by atoms with E-state index in [4.69, 9.17) is 4.74 Å². The number of benzene rings is 1. The van der Waals surface area contributed by atoms with Crippen molar-refractivity contribution in [3.63, 3.8) is 0 Å². The zero-order valence-corrected chi connectivity index (χ0v) is 14.2. The SMILES string of the molecule is CCOc1ccc(N2C[C@@H](C(=O)NCCC(C)C)CC2=O)cc1. The highest BCUT2D eigenvalue weighted by molar-refractivity contribution is 6.00. The normalized spacial score (nSPS) is 17.7. The molecule has 5 nitrogen and oxygen atoms in total. The van der Waals surface area contributed by atoms with Gasteiger partial charge in [-0.05, 0) is 43.5 Å². The van der Waals surface area contributed by atoms with Crippen molar-refractivity contribution in [1.82, 2.24) is 5.32 Å². The number of carbonyl (C=O) groups is 2. The minimum Gasteiger partial charge on any atom is -0.494 e. The van der Waals surface area contributed by atoms with Crippen LogP contribution < -0.4 is 15.0 Å². The second-order valence-electron chi connectivity index (χ2n) is 6.31. The molecule has 0 spiro atoms. The summed E-state index contributed by atoms with van der Waals surface area (Å²) in [6, 6.07) is 7.42. The zero-order chi connectivity index (χ0) is 16.8. The van der Waals surface area contributed by atoms with Crippen LogP contribution in [0.4, 0.5) is 5.69 Å². The van der Waals surface area contributed by atoms with Crippen molar-refractivity contribution in [2.24, 2.45) is 11.8 Å². The summed E-state index contributed by atoms with van der Waals surface area (Å²) in [6.07, 6.45) is 1.23. The quantitative estimate of drug-likeness (QED) is 0.840. The minimum atomic E-state index is -0.263. The highest BCUT2D eigenvalue weighted by Crippen LogP contribution is 2.27. The van der Waals surface area contributed by atoms with Crippen molar-refractivity contribution in [3.05, 3.63) is 24.3 Å². The van der Waals surface area contributed by atoms with E-state index in [0.717, 1.165) is 17.9 Å². The van der Waals surface area contributed by atoms with Gasteiger partial charge in [0.05, 0.1) is 12.5 Å². The van der Waals surface area contributed by atoms with E-state index in [1.165, 1.54) is 0 Å². The summed E-state index contributed by atoms with van der Waals surface area (Å²) in [5.41, 5.74) is 0.816. The summed E-state index contributed by atoms with van der Waals surface area (Å²) in [6.45, 7) is 7.91. The first-order valence-electron chi connectivity index (χ1n) is 8.32. The lowest BCUT2D eigenvalue weighted by Gasteiger charge is -2.17. The van der Waals surface area contributed by atoms with Gasteiger partial charge in [-0.25, -0.2) is 0 Å². The molecule has 1 aliphatic rings. The van der Waals surface area contributed by atoms with E-state index in [1.54, 1.807) is 4.90 Å². The third-order valence-corrected chi connectivity index (χ3v) is 3.98. The molecule has 1 fully saturated rings. The third-order valence-electron chi connectivity index (χ3n) is 3.98. The van der Waals surface area contributed by atoms with Crippen molar-refractivity contribution >= 4 is 17.5 Å². The van der Waals surface area contributed by atoms with Gasteiger partial charge in [0.15, 0.2) is 0 Å². The average Bonchev–Trinajstić information content (AvgIpc) is 2.90. The van der Waals surface area contributed by atoms with Gasteiger partial charge < -0.3 is 15.0 Å². The first kappa shape index (κ1) is 17.3. The molecule has 0 bridgehead atoms. The van der Waals surface area contributed by atoms with Crippen LogP contribution in [0, 0.1) is 11.8 Å². The van der Waals surface area contributed by atoms with Gasteiger partial charge in [0.25, 0.3) is 0 Å². The second kappa shape index (κ2) is 7.99. The van der Waals surface area contributed by atoms with Gasteiger partial charge >= 0.3 is 0 Å². The van der Waals surface area contributed by atoms with Crippen LogP contribution in [0.2, 0.25) is 0 Å². The van der Waals surface area contributed by atoms with Crippen LogP contribution in [0.5, 0.6) is 5.75 Å². The summed E-state index contributed by atoms with van der Waals surface area (Å²) in [7, 11) is 0. The molecule has 1 aromatic carbocycles. The Morgan fingerprint density at radius 2 is 2.04 bits per heavy atom. The molecule has 23 heavy (non-hydrogen) atoms. The topological polar surface area (TPSA) is 58.6 Å². The number of hydrogen-bond acceptors (Lipinski definition) is 3. The zero-order valence-electron chi connectivity index (χ0n) is 14.2. The fraction of sp³-hybridized carbons (Fsp3) is 0.556. The Balaban J connectivity index is 1.92. The van der Waals surface area contributed by atoms with E-state index < -0.39 is 0 Å². The van der Waals surface area contributed by atoms with Gasteiger partial charge in [-0.3, -0.25) is 9.59 Å². The Morgan fingerprint density at radius 1 is 1.35 bits per heavy atom. The molecule has 0 unspecified atom stereocenters. The molecule has 0 radical (unpaired) electrons. The lowest BCUT2D eigenvalue weighted by molar-refractivity contribution is -0.126. The predicted molar refractivity (Wildman–Crippen MR) is 90.5 cm³/mol. The van der Waals surface area contributed by atoms with Crippen LogP contribution in [0.25, 0.3) is 0 Å². The van der Waals surface area contributed by atoms with Gasteiger partial charge in [-0.1, -0.05) is 13.8 Å². The molecule has 5 heteroatoms. The summed E-state index contributed by atoms with van der Waals surface area (Å²) >= 11 is 0. The van der Waals surface area contributed by atoms with Gasteiger partial charge in [0, 0.05) is 25.2 Å². The molecule has 2 amide bonds. The number of amides is 2. The summed E-state index contributed by atoms with van der Waals surface area (Å²) in [5, 5.41) is 2.94. The number of hydrogen-bond donors (Lipinski definition) is 1. The number of nitrogens with one attached hydrogen (secondary N) is 1. The first-order valence-corrected chi connectivity index (χ1v) is 8.32. The highest BCUT2D eigenvalue weighted by Gasteiger charge is 2.34. The standard InChI is InChI=1S/C18H26N2O3/c1-4-23-16-7-5-15(6-8-16)20-12-14(11-17(20)21)18(22)19-10-9-13(2)3/h5-8,13-14H,4,9-12H2,1-3H3,(H,19,22)/t14-/m0/s1. The molecule has 0 aliphatic carbocycles. The van der Waals surface area contributed by atoms with Crippen LogP contribution in [-0.4, -0.2) is 31.5 Å². The molecule has 1 heterocycles. The Kier molecular flexibility index (Phi) is 6.02. The molecule has 1 aromatic rings. The Morgan fingerprint density at radius 3 is 2.65 bits per heavy atom. The summed E-state index contributed by atoms with van der Waals surface area (Å²) in [4.78, 5) is 26.1. The molecule has 0 aromatic heterocycles. The van der Waals surface area contributed by atoms with Crippen LogP contribution >= 0.6 is 0 Å². The molecule has 2 rings (SSSR count). The first-order chi connectivity index (χ1) is 11.0. The average molecular weight is 318 g/mol. The molecule has 1 atom stereocenters. The Hall–Kier alpha value is -2.04. The molecular weight excluding hydrogens is 292 g/mol. The van der Waals surface area contributed by atoms with Gasteiger partial charge in [-0.2, -0.15) is 0 Å². The van der Waals surface area contributed by atoms with Crippen molar-refractivity contribution < 1.29 is 14.3 Å². The van der Waals surface area contributed by atoms with Crippen molar-refractivity contribution in [3.8, 4) is 5.75 Å². The fourth-order valence-corrected chi connectivity index (χ4v) is 2.65. The van der Waals surface area contributed by atoms with Gasteiger partial charge in [0.1, 0.15) is 5.75 Å². The Labute approximate surface area is 138 Å². The minimum absolute atomic E-state index is 0.00169. The maximum atomic E-state index is 12.2.